The quantitative estimate of drug-likeness (QED) is 0.697. The monoisotopic (exact) mass is 196 g/mol. The van der Waals surface area contributed by atoms with Gasteiger partial charge in [-0.25, -0.2) is 0 Å². The van der Waals surface area contributed by atoms with Crippen molar-refractivity contribution in [2.24, 2.45) is 13.0 Å². The van der Waals surface area contributed by atoms with E-state index in [0.29, 0.717) is 18.0 Å². The Morgan fingerprint density at radius 1 is 1.50 bits per heavy atom. The SMILES string of the molecule is CC(C)C(=O)CCCc1nnn(C)n1. The lowest BCUT2D eigenvalue weighted by Gasteiger charge is -2.01. The van der Waals surface area contributed by atoms with Crippen LogP contribution in [0.2, 0.25) is 0 Å². The number of aryl methyl sites for hydroxylation is 2. The second-order valence-electron chi connectivity index (χ2n) is 3.67. The molecule has 0 atom stereocenters. The molecule has 0 aliphatic heterocycles. The molecule has 78 valence electrons. The number of carbonyl (C=O) groups is 1. The minimum atomic E-state index is 0.129. The molecule has 0 aliphatic carbocycles. The van der Waals surface area contributed by atoms with Gasteiger partial charge in [-0.2, -0.15) is 4.80 Å². The summed E-state index contributed by atoms with van der Waals surface area (Å²) < 4.78 is 0. The molecule has 0 aromatic carbocycles. The van der Waals surface area contributed by atoms with E-state index in [2.05, 4.69) is 15.4 Å². The third kappa shape index (κ3) is 3.24. The van der Waals surface area contributed by atoms with Crippen molar-refractivity contribution < 1.29 is 4.79 Å². The van der Waals surface area contributed by atoms with Gasteiger partial charge in [0.25, 0.3) is 0 Å². The molecule has 1 rings (SSSR count). The Morgan fingerprint density at radius 2 is 2.21 bits per heavy atom. The molecule has 0 unspecified atom stereocenters. The molecule has 0 aliphatic rings. The number of ketones is 1. The van der Waals surface area contributed by atoms with Crippen LogP contribution < -0.4 is 0 Å². The van der Waals surface area contributed by atoms with E-state index in [1.54, 1.807) is 7.05 Å². The van der Waals surface area contributed by atoms with Crippen LogP contribution in [-0.4, -0.2) is 26.0 Å². The molecule has 1 aromatic rings. The summed E-state index contributed by atoms with van der Waals surface area (Å²) in [5.74, 6) is 1.14. The van der Waals surface area contributed by atoms with Gasteiger partial charge in [0.05, 0.1) is 7.05 Å². The molecule has 14 heavy (non-hydrogen) atoms. The van der Waals surface area contributed by atoms with Crippen LogP contribution in [0.5, 0.6) is 0 Å². The number of carbonyl (C=O) groups excluding carboxylic acids is 1. The predicted octanol–water partition coefficient (Wildman–Crippen LogP) is 0.758. The molecule has 0 saturated carbocycles. The van der Waals surface area contributed by atoms with Crippen molar-refractivity contribution in [2.45, 2.75) is 33.1 Å². The van der Waals surface area contributed by atoms with Crippen molar-refractivity contribution in [1.82, 2.24) is 20.2 Å². The molecule has 0 amide bonds. The molecule has 0 radical (unpaired) electrons. The summed E-state index contributed by atoms with van der Waals surface area (Å²) in [4.78, 5) is 12.7. The fourth-order valence-electron chi connectivity index (χ4n) is 1.13. The van der Waals surface area contributed by atoms with Gasteiger partial charge < -0.3 is 0 Å². The molecule has 1 aromatic heterocycles. The molecule has 0 spiro atoms. The van der Waals surface area contributed by atoms with Gasteiger partial charge in [-0.15, -0.1) is 10.2 Å². The molecule has 0 fully saturated rings. The van der Waals surface area contributed by atoms with Gasteiger partial charge in [-0.3, -0.25) is 4.79 Å². The summed E-state index contributed by atoms with van der Waals surface area (Å²) in [5.41, 5.74) is 0. The molecular weight excluding hydrogens is 180 g/mol. The van der Waals surface area contributed by atoms with E-state index < -0.39 is 0 Å². The molecular formula is C9H16N4O. The van der Waals surface area contributed by atoms with E-state index >= 15 is 0 Å². The Bertz CT molecular complexity index is 306. The van der Waals surface area contributed by atoms with Crippen LogP contribution in [-0.2, 0) is 18.3 Å². The fourth-order valence-corrected chi connectivity index (χ4v) is 1.13. The van der Waals surface area contributed by atoms with E-state index in [9.17, 15) is 4.79 Å². The van der Waals surface area contributed by atoms with Crippen molar-refractivity contribution in [3.63, 3.8) is 0 Å². The number of nitrogens with zero attached hydrogens (tertiary/aromatic N) is 4. The largest absolute Gasteiger partial charge is 0.299 e. The van der Waals surface area contributed by atoms with Gasteiger partial charge in [0.1, 0.15) is 5.78 Å². The van der Waals surface area contributed by atoms with Gasteiger partial charge in [0, 0.05) is 18.8 Å². The van der Waals surface area contributed by atoms with Gasteiger partial charge in [-0.1, -0.05) is 13.8 Å². The first-order chi connectivity index (χ1) is 6.59. The summed E-state index contributed by atoms with van der Waals surface area (Å²) in [5, 5.41) is 11.6. The van der Waals surface area contributed by atoms with E-state index in [4.69, 9.17) is 0 Å². The second kappa shape index (κ2) is 4.83. The Balaban J connectivity index is 2.25. The first-order valence-electron chi connectivity index (χ1n) is 4.85. The fraction of sp³-hybridized carbons (Fsp3) is 0.778. The minimum absolute atomic E-state index is 0.129. The molecule has 0 saturated heterocycles. The first-order valence-corrected chi connectivity index (χ1v) is 4.85. The Kier molecular flexibility index (Phi) is 3.73. The average Bonchev–Trinajstić information content (AvgIpc) is 2.51. The maximum Gasteiger partial charge on any atom is 0.174 e. The minimum Gasteiger partial charge on any atom is -0.299 e. The van der Waals surface area contributed by atoms with Crippen LogP contribution in [0.15, 0.2) is 0 Å². The molecule has 1 heterocycles. The van der Waals surface area contributed by atoms with Crippen molar-refractivity contribution in [1.29, 1.82) is 0 Å². The molecule has 5 nitrogen and oxygen atoms in total. The van der Waals surface area contributed by atoms with E-state index in [-0.39, 0.29) is 5.92 Å². The third-order valence-corrected chi connectivity index (χ3v) is 2.02. The van der Waals surface area contributed by atoms with Crippen LogP contribution in [0.1, 0.15) is 32.5 Å². The Hall–Kier alpha value is -1.26. The number of Topliss-reactive ketones (excluding diaryl/α,β-unsaturated/α-hetero) is 1. The second-order valence-corrected chi connectivity index (χ2v) is 3.67. The predicted molar refractivity (Wildman–Crippen MR) is 51.6 cm³/mol. The number of tetrazole rings is 1. The summed E-state index contributed by atoms with van der Waals surface area (Å²) in [6.07, 6.45) is 2.14. The zero-order valence-corrected chi connectivity index (χ0v) is 8.90. The van der Waals surface area contributed by atoms with Gasteiger partial charge in [0.2, 0.25) is 0 Å². The molecule has 0 bridgehead atoms. The average molecular weight is 196 g/mol. The van der Waals surface area contributed by atoms with Crippen molar-refractivity contribution in [2.75, 3.05) is 0 Å². The number of rotatable bonds is 5. The Labute approximate surface area is 83.5 Å². The normalized spacial score (nSPS) is 10.9. The lowest BCUT2D eigenvalue weighted by atomic mass is 10.0. The molecule has 0 N–H and O–H groups in total. The zero-order chi connectivity index (χ0) is 10.6. The smallest absolute Gasteiger partial charge is 0.174 e. The van der Waals surface area contributed by atoms with E-state index in [1.165, 1.54) is 4.80 Å². The van der Waals surface area contributed by atoms with Gasteiger partial charge in [-0.05, 0) is 11.6 Å². The highest BCUT2D eigenvalue weighted by Crippen LogP contribution is 2.04. The summed E-state index contributed by atoms with van der Waals surface area (Å²) in [6, 6.07) is 0. The van der Waals surface area contributed by atoms with E-state index in [0.717, 1.165) is 12.8 Å². The zero-order valence-electron chi connectivity index (χ0n) is 8.90. The van der Waals surface area contributed by atoms with E-state index in [1.807, 2.05) is 13.8 Å². The summed E-state index contributed by atoms with van der Waals surface area (Å²) >= 11 is 0. The van der Waals surface area contributed by atoms with Crippen LogP contribution in [0, 0.1) is 5.92 Å². The Morgan fingerprint density at radius 3 is 2.71 bits per heavy atom. The van der Waals surface area contributed by atoms with Crippen LogP contribution in [0.25, 0.3) is 0 Å². The highest BCUT2D eigenvalue weighted by Gasteiger charge is 2.07. The van der Waals surface area contributed by atoms with Crippen molar-refractivity contribution in [3.8, 4) is 0 Å². The number of aromatic nitrogens is 4. The van der Waals surface area contributed by atoms with Crippen LogP contribution >= 0.6 is 0 Å². The first kappa shape index (κ1) is 10.8. The number of hydrogen-bond acceptors (Lipinski definition) is 4. The number of hydrogen-bond donors (Lipinski definition) is 0. The standard InChI is InChI=1S/C9H16N4O/c1-7(2)8(14)5-4-6-9-10-12-13(3)11-9/h7H,4-6H2,1-3H3. The topological polar surface area (TPSA) is 60.7 Å². The van der Waals surface area contributed by atoms with Crippen LogP contribution in [0.4, 0.5) is 0 Å². The van der Waals surface area contributed by atoms with Crippen molar-refractivity contribution in [3.05, 3.63) is 5.82 Å². The maximum absolute atomic E-state index is 11.3. The van der Waals surface area contributed by atoms with Crippen molar-refractivity contribution >= 4 is 5.78 Å². The highest BCUT2D eigenvalue weighted by molar-refractivity contribution is 5.80. The molecule has 5 heteroatoms. The lowest BCUT2D eigenvalue weighted by molar-refractivity contribution is -0.121. The summed E-state index contributed by atoms with van der Waals surface area (Å²) in [6.45, 7) is 3.84. The maximum atomic E-state index is 11.3. The van der Waals surface area contributed by atoms with Crippen LogP contribution in [0.3, 0.4) is 0 Å². The summed E-state index contributed by atoms with van der Waals surface area (Å²) in [7, 11) is 1.73. The highest BCUT2D eigenvalue weighted by atomic mass is 16.1. The lowest BCUT2D eigenvalue weighted by Crippen LogP contribution is -2.07. The van der Waals surface area contributed by atoms with Gasteiger partial charge in [0.15, 0.2) is 5.82 Å². The van der Waals surface area contributed by atoms with Gasteiger partial charge >= 0.3 is 0 Å². The third-order valence-electron chi connectivity index (χ3n) is 2.02.